The molecule has 120 valence electrons. The Kier molecular flexibility index (Phi) is 5.74. The van der Waals surface area contributed by atoms with Gasteiger partial charge in [0.15, 0.2) is 0 Å². The lowest BCUT2D eigenvalue weighted by Crippen LogP contribution is -2.19. The van der Waals surface area contributed by atoms with Crippen molar-refractivity contribution >= 4 is 17.5 Å². The van der Waals surface area contributed by atoms with E-state index in [0.29, 0.717) is 17.9 Å². The van der Waals surface area contributed by atoms with Crippen LogP contribution in [0.1, 0.15) is 22.3 Å². The zero-order valence-electron chi connectivity index (χ0n) is 13.3. The van der Waals surface area contributed by atoms with E-state index in [9.17, 15) is 9.59 Å². The quantitative estimate of drug-likeness (QED) is 0.862. The molecule has 0 atom stereocenters. The molecule has 0 unspecified atom stereocenters. The van der Waals surface area contributed by atoms with Gasteiger partial charge in [-0.2, -0.15) is 0 Å². The Morgan fingerprint density at radius 2 is 1.87 bits per heavy atom. The molecule has 2 aromatic carbocycles. The second-order valence-electron chi connectivity index (χ2n) is 5.12. The van der Waals surface area contributed by atoms with Crippen molar-refractivity contribution in [2.24, 2.45) is 0 Å². The van der Waals surface area contributed by atoms with Crippen LogP contribution in [0.4, 0.5) is 5.69 Å². The SMILES string of the molecule is CNC(=O)c1cccc(NC(=O)CCOc2cccc(C)c2)c1. The zero-order chi connectivity index (χ0) is 16.7. The van der Waals surface area contributed by atoms with Gasteiger partial charge in [-0.15, -0.1) is 0 Å². The van der Waals surface area contributed by atoms with E-state index in [1.165, 1.54) is 0 Å². The number of carbonyl (C=O) groups is 2. The Morgan fingerprint density at radius 3 is 2.61 bits per heavy atom. The number of nitrogens with one attached hydrogen (secondary N) is 2. The summed E-state index contributed by atoms with van der Waals surface area (Å²) < 4.78 is 5.55. The maximum absolute atomic E-state index is 11.9. The molecule has 0 aliphatic carbocycles. The molecule has 23 heavy (non-hydrogen) atoms. The van der Waals surface area contributed by atoms with E-state index in [0.717, 1.165) is 11.3 Å². The third kappa shape index (κ3) is 5.14. The number of ether oxygens (including phenoxy) is 1. The van der Waals surface area contributed by atoms with E-state index in [4.69, 9.17) is 4.74 Å². The Labute approximate surface area is 135 Å². The summed E-state index contributed by atoms with van der Waals surface area (Å²) in [4.78, 5) is 23.5. The van der Waals surface area contributed by atoms with Gasteiger partial charge in [0.2, 0.25) is 5.91 Å². The molecule has 0 radical (unpaired) electrons. The predicted molar refractivity (Wildman–Crippen MR) is 89.8 cm³/mol. The Balaban J connectivity index is 1.84. The Hall–Kier alpha value is -2.82. The van der Waals surface area contributed by atoms with Crippen molar-refractivity contribution in [3.05, 3.63) is 59.7 Å². The fraction of sp³-hybridized carbons (Fsp3) is 0.222. The van der Waals surface area contributed by atoms with Crippen molar-refractivity contribution in [1.29, 1.82) is 0 Å². The topological polar surface area (TPSA) is 67.4 Å². The summed E-state index contributed by atoms with van der Waals surface area (Å²) in [6, 6.07) is 14.5. The van der Waals surface area contributed by atoms with Crippen LogP contribution in [0.2, 0.25) is 0 Å². The lowest BCUT2D eigenvalue weighted by Gasteiger charge is -2.09. The predicted octanol–water partition coefficient (Wildman–Crippen LogP) is 2.76. The first-order chi connectivity index (χ1) is 11.1. The van der Waals surface area contributed by atoms with E-state index >= 15 is 0 Å². The number of hydrogen-bond acceptors (Lipinski definition) is 3. The third-order valence-electron chi connectivity index (χ3n) is 3.22. The first-order valence-corrected chi connectivity index (χ1v) is 7.40. The van der Waals surface area contributed by atoms with Gasteiger partial charge in [-0.3, -0.25) is 9.59 Å². The van der Waals surface area contributed by atoms with Crippen LogP contribution < -0.4 is 15.4 Å². The van der Waals surface area contributed by atoms with E-state index in [1.807, 2.05) is 31.2 Å². The maximum Gasteiger partial charge on any atom is 0.251 e. The first kappa shape index (κ1) is 16.5. The lowest BCUT2D eigenvalue weighted by molar-refractivity contribution is -0.116. The summed E-state index contributed by atoms with van der Waals surface area (Å²) in [6.45, 7) is 2.28. The van der Waals surface area contributed by atoms with E-state index in [1.54, 1.807) is 31.3 Å². The average molecular weight is 312 g/mol. The van der Waals surface area contributed by atoms with Gasteiger partial charge in [0.1, 0.15) is 5.75 Å². The standard InChI is InChI=1S/C18H20N2O3/c1-13-5-3-8-16(11-13)23-10-9-17(21)20-15-7-4-6-14(12-15)18(22)19-2/h3-8,11-12H,9-10H2,1-2H3,(H,19,22)(H,20,21). The first-order valence-electron chi connectivity index (χ1n) is 7.40. The number of anilines is 1. The van der Waals surface area contributed by atoms with E-state index < -0.39 is 0 Å². The second-order valence-corrected chi connectivity index (χ2v) is 5.12. The van der Waals surface area contributed by atoms with Gasteiger partial charge in [0, 0.05) is 18.3 Å². The van der Waals surface area contributed by atoms with Crippen LogP contribution in [0.3, 0.4) is 0 Å². The molecule has 0 spiro atoms. The highest BCUT2D eigenvalue weighted by atomic mass is 16.5. The highest BCUT2D eigenvalue weighted by Crippen LogP contribution is 2.13. The monoisotopic (exact) mass is 312 g/mol. The summed E-state index contributed by atoms with van der Waals surface area (Å²) in [5.41, 5.74) is 2.20. The normalized spacial score (nSPS) is 10.0. The summed E-state index contributed by atoms with van der Waals surface area (Å²) in [5.74, 6) is 0.398. The third-order valence-corrected chi connectivity index (χ3v) is 3.22. The van der Waals surface area contributed by atoms with Gasteiger partial charge in [-0.25, -0.2) is 0 Å². The maximum atomic E-state index is 11.9. The lowest BCUT2D eigenvalue weighted by atomic mass is 10.2. The summed E-state index contributed by atoms with van der Waals surface area (Å²) >= 11 is 0. The van der Waals surface area contributed by atoms with E-state index in [-0.39, 0.29) is 18.2 Å². The second kappa shape index (κ2) is 7.98. The van der Waals surface area contributed by atoms with Crippen molar-refractivity contribution in [2.45, 2.75) is 13.3 Å². The fourth-order valence-electron chi connectivity index (χ4n) is 2.07. The van der Waals surface area contributed by atoms with Crippen LogP contribution in [0.15, 0.2) is 48.5 Å². The van der Waals surface area contributed by atoms with Gasteiger partial charge in [0.05, 0.1) is 13.0 Å². The summed E-state index contributed by atoms with van der Waals surface area (Å²) in [5, 5.41) is 5.31. The largest absolute Gasteiger partial charge is 0.493 e. The molecule has 2 aromatic rings. The Bertz CT molecular complexity index is 698. The van der Waals surface area contributed by atoms with Gasteiger partial charge in [-0.05, 0) is 42.8 Å². The highest BCUT2D eigenvalue weighted by Gasteiger charge is 2.07. The molecule has 0 aromatic heterocycles. The van der Waals surface area contributed by atoms with Crippen molar-refractivity contribution < 1.29 is 14.3 Å². The molecule has 0 bridgehead atoms. The minimum absolute atomic E-state index is 0.160. The molecule has 2 rings (SSSR count). The molecular weight excluding hydrogens is 292 g/mol. The van der Waals surface area contributed by atoms with Crippen LogP contribution in [0.5, 0.6) is 5.75 Å². The van der Waals surface area contributed by atoms with Crippen molar-refractivity contribution in [3.63, 3.8) is 0 Å². The van der Waals surface area contributed by atoms with Crippen LogP contribution in [-0.4, -0.2) is 25.5 Å². The van der Waals surface area contributed by atoms with Gasteiger partial charge >= 0.3 is 0 Å². The highest BCUT2D eigenvalue weighted by molar-refractivity contribution is 5.97. The van der Waals surface area contributed by atoms with Crippen LogP contribution in [0.25, 0.3) is 0 Å². The molecule has 0 aliphatic heterocycles. The minimum atomic E-state index is -0.191. The van der Waals surface area contributed by atoms with Crippen LogP contribution in [-0.2, 0) is 4.79 Å². The zero-order valence-corrected chi connectivity index (χ0v) is 13.3. The Morgan fingerprint density at radius 1 is 1.09 bits per heavy atom. The van der Waals surface area contributed by atoms with Crippen molar-refractivity contribution in [2.75, 3.05) is 19.0 Å². The van der Waals surface area contributed by atoms with Gasteiger partial charge < -0.3 is 15.4 Å². The average Bonchev–Trinajstić information content (AvgIpc) is 2.54. The molecule has 0 saturated heterocycles. The fourth-order valence-corrected chi connectivity index (χ4v) is 2.07. The summed E-state index contributed by atoms with van der Waals surface area (Å²) in [7, 11) is 1.57. The number of rotatable bonds is 6. The van der Waals surface area contributed by atoms with Gasteiger partial charge in [-0.1, -0.05) is 18.2 Å². The molecule has 0 saturated carbocycles. The van der Waals surface area contributed by atoms with Crippen molar-refractivity contribution in [1.82, 2.24) is 5.32 Å². The summed E-state index contributed by atoms with van der Waals surface area (Å²) in [6.07, 6.45) is 0.234. The molecular formula is C18H20N2O3. The number of aryl methyl sites for hydroxylation is 1. The van der Waals surface area contributed by atoms with Crippen LogP contribution in [0, 0.1) is 6.92 Å². The smallest absolute Gasteiger partial charge is 0.251 e. The molecule has 2 amide bonds. The molecule has 0 aliphatic rings. The molecule has 0 heterocycles. The van der Waals surface area contributed by atoms with Gasteiger partial charge in [0.25, 0.3) is 5.91 Å². The minimum Gasteiger partial charge on any atom is -0.493 e. The number of amides is 2. The number of hydrogen-bond donors (Lipinski definition) is 2. The molecule has 5 heteroatoms. The number of carbonyl (C=O) groups excluding carboxylic acids is 2. The number of benzene rings is 2. The van der Waals surface area contributed by atoms with Crippen LogP contribution >= 0.6 is 0 Å². The van der Waals surface area contributed by atoms with E-state index in [2.05, 4.69) is 10.6 Å². The molecule has 2 N–H and O–H groups in total. The molecule has 5 nitrogen and oxygen atoms in total. The molecule has 0 fully saturated rings. The van der Waals surface area contributed by atoms with Crippen molar-refractivity contribution in [3.8, 4) is 5.75 Å².